The van der Waals surface area contributed by atoms with Crippen molar-refractivity contribution in [3.05, 3.63) is 83.0 Å². The first-order chi connectivity index (χ1) is 18.9. The number of carbonyl (C=O) groups is 1. The van der Waals surface area contributed by atoms with Crippen molar-refractivity contribution in [2.24, 2.45) is 0 Å². The Labute approximate surface area is 228 Å². The van der Waals surface area contributed by atoms with Gasteiger partial charge in [0.25, 0.3) is 0 Å². The minimum absolute atomic E-state index is 0.237. The highest BCUT2D eigenvalue weighted by molar-refractivity contribution is 5.87. The molecule has 0 saturated heterocycles. The molecule has 3 aromatic carbocycles. The Balaban J connectivity index is 1.36. The van der Waals surface area contributed by atoms with E-state index >= 15 is 0 Å². The number of anilines is 1. The highest BCUT2D eigenvalue weighted by Crippen LogP contribution is 2.34. The van der Waals surface area contributed by atoms with Crippen LogP contribution in [0.5, 0.6) is 23.0 Å². The molecule has 0 aliphatic heterocycles. The lowest BCUT2D eigenvalue weighted by Crippen LogP contribution is -2.16. The van der Waals surface area contributed by atoms with E-state index in [-0.39, 0.29) is 6.61 Å². The van der Waals surface area contributed by atoms with Gasteiger partial charge in [0.1, 0.15) is 0 Å². The number of carbonyl (C=O) groups excluding carboxylic acids is 1. The number of nitrogens with zero attached hydrogens (tertiary/aromatic N) is 1. The number of para-hydroxylation sites is 2. The van der Waals surface area contributed by atoms with E-state index in [0.717, 1.165) is 38.8 Å². The monoisotopic (exact) mass is 530 g/mol. The highest BCUT2D eigenvalue weighted by Gasteiger charge is 2.13. The van der Waals surface area contributed by atoms with Gasteiger partial charge in [0.2, 0.25) is 0 Å². The van der Waals surface area contributed by atoms with Gasteiger partial charge in [-0.1, -0.05) is 18.2 Å². The van der Waals surface area contributed by atoms with Crippen LogP contribution < -0.4 is 24.3 Å². The molecule has 8 heteroatoms. The lowest BCUT2D eigenvalue weighted by Gasteiger charge is -2.15. The molecule has 39 heavy (non-hydrogen) atoms. The maximum absolute atomic E-state index is 12.4. The van der Waals surface area contributed by atoms with Crippen LogP contribution in [0.3, 0.4) is 0 Å². The van der Waals surface area contributed by atoms with Crippen molar-refractivity contribution in [1.82, 2.24) is 4.98 Å². The van der Waals surface area contributed by atoms with E-state index < -0.39 is 6.09 Å². The fourth-order valence-electron chi connectivity index (χ4n) is 4.38. The number of hydrogen-bond acceptors (Lipinski definition) is 7. The lowest BCUT2D eigenvalue weighted by molar-refractivity contribution is 0.151. The number of aryl methyl sites for hydroxylation is 2. The summed E-state index contributed by atoms with van der Waals surface area (Å²) in [6.07, 6.45) is 2.57. The summed E-state index contributed by atoms with van der Waals surface area (Å²) in [6, 6.07) is 17.4. The van der Waals surface area contributed by atoms with Gasteiger partial charge < -0.3 is 23.7 Å². The lowest BCUT2D eigenvalue weighted by atomic mass is 9.95. The number of nitrogens with one attached hydrogen (secondary N) is 1. The summed E-state index contributed by atoms with van der Waals surface area (Å²) in [7, 11) is 4.84. The van der Waals surface area contributed by atoms with Crippen LogP contribution in [0.4, 0.5) is 10.5 Å². The third-order valence-electron chi connectivity index (χ3n) is 6.49. The molecule has 4 rings (SSSR count). The number of rotatable bonds is 11. The number of aromatic nitrogens is 1. The molecule has 0 bridgehead atoms. The Hall–Kier alpha value is -4.46. The number of hydrogen-bond donors (Lipinski definition) is 1. The molecule has 0 unspecified atom stereocenters. The zero-order valence-electron chi connectivity index (χ0n) is 23.0. The van der Waals surface area contributed by atoms with Gasteiger partial charge in [-0.3, -0.25) is 10.3 Å². The van der Waals surface area contributed by atoms with Crippen molar-refractivity contribution in [3.8, 4) is 23.0 Å². The number of pyridine rings is 1. The summed E-state index contributed by atoms with van der Waals surface area (Å²) in [5, 5.41) is 3.87. The Kier molecular flexibility index (Phi) is 9.10. The third kappa shape index (κ3) is 6.71. The van der Waals surface area contributed by atoms with Crippen LogP contribution in [0, 0.1) is 13.8 Å². The number of ether oxygens (including phenoxy) is 5. The molecule has 0 aliphatic rings. The molecule has 204 valence electrons. The van der Waals surface area contributed by atoms with Crippen LogP contribution in [-0.2, 0) is 11.2 Å². The Morgan fingerprint density at radius 3 is 2.26 bits per heavy atom. The molecule has 0 saturated carbocycles. The van der Waals surface area contributed by atoms with Gasteiger partial charge in [-0.2, -0.15) is 0 Å². The first-order valence-electron chi connectivity index (χ1n) is 12.7. The molecule has 0 spiro atoms. The molecule has 1 amide bonds. The topological polar surface area (TPSA) is 88.1 Å². The maximum Gasteiger partial charge on any atom is 0.411 e. The summed E-state index contributed by atoms with van der Waals surface area (Å²) in [5.41, 5.74) is 5.85. The van der Waals surface area contributed by atoms with Gasteiger partial charge in [0.05, 0.1) is 40.1 Å². The van der Waals surface area contributed by atoms with E-state index in [1.807, 2.05) is 62.4 Å². The summed E-state index contributed by atoms with van der Waals surface area (Å²) >= 11 is 0. The van der Waals surface area contributed by atoms with Crippen LogP contribution in [0.1, 0.15) is 28.7 Å². The fourth-order valence-corrected chi connectivity index (χ4v) is 4.38. The van der Waals surface area contributed by atoms with Gasteiger partial charge in [-0.15, -0.1) is 0 Å². The smallest absolute Gasteiger partial charge is 0.411 e. The minimum atomic E-state index is -0.497. The van der Waals surface area contributed by atoms with E-state index in [2.05, 4.69) is 16.4 Å². The van der Waals surface area contributed by atoms with Crippen LogP contribution in [0.2, 0.25) is 0 Å². The second-order valence-corrected chi connectivity index (χ2v) is 9.08. The zero-order chi connectivity index (χ0) is 27.8. The van der Waals surface area contributed by atoms with Gasteiger partial charge >= 0.3 is 6.09 Å². The van der Waals surface area contributed by atoms with Gasteiger partial charge in [0, 0.05) is 29.8 Å². The van der Waals surface area contributed by atoms with Gasteiger partial charge in [0.15, 0.2) is 23.0 Å². The fraction of sp³-hybridized carbons (Fsp3) is 0.290. The van der Waals surface area contributed by atoms with E-state index in [1.54, 1.807) is 27.5 Å². The predicted octanol–water partition coefficient (Wildman–Crippen LogP) is 6.49. The van der Waals surface area contributed by atoms with Crippen LogP contribution >= 0.6 is 0 Å². The molecule has 0 radical (unpaired) electrons. The number of methoxy groups -OCH3 is 3. The van der Waals surface area contributed by atoms with E-state index in [1.165, 1.54) is 0 Å². The van der Waals surface area contributed by atoms with Crippen molar-refractivity contribution < 1.29 is 28.5 Å². The second kappa shape index (κ2) is 12.9. The Morgan fingerprint density at radius 2 is 1.51 bits per heavy atom. The standard InChI is InChI=1S/C31H34N2O6/c1-20-16-25(33-31(34)39-14-8-13-38-28-10-7-6-9-27(28)35-3)21(2)15-23(20)17-22-11-12-32-26-19-30(37-5)29(36-4)18-24(22)26/h6-7,9-12,15-16,18-19H,8,13-14,17H2,1-5H3,(H,33,34). The van der Waals surface area contributed by atoms with Crippen molar-refractivity contribution in [3.63, 3.8) is 0 Å². The van der Waals surface area contributed by atoms with Crippen molar-refractivity contribution in [1.29, 1.82) is 0 Å². The van der Waals surface area contributed by atoms with Crippen molar-refractivity contribution in [2.45, 2.75) is 26.7 Å². The minimum Gasteiger partial charge on any atom is -0.493 e. The molecule has 8 nitrogen and oxygen atoms in total. The van der Waals surface area contributed by atoms with Crippen LogP contribution in [-0.4, -0.2) is 45.6 Å². The van der Waals surface area contributed by atoms with E-state index in [4.69, 9.17) is 23.7 Å². The molecule has 0 aliphatic carbocycles. The summed E-state index contributed by atoms with van der Waals surface area (Å²) in [6.45, 7) is 4.65. The average molecular weight is 531 g/mol. The maximum atomic E-state index is 12.4. The molecule has 0 fully saturated rings. The quantitative estimate of drug-likeness (QED) is 0.222. The Bertz CT molecular complexity index is 1450. The molecule has 1 heterocycles. The zero-order valence-corrected chi connectivity index (χ0v) is 23.0. The largest absolute Gasteiger partial charge is 0.493 e. The molecular weight excluding hydrogens is 496 g/mol. The van der Waals surface area contributed by atoms with E-state index in [9.17, 15) is 4.79 Å². The second-order valence-electron chi connectivity index (χ2n) is 9.08. The molecule has 1 aromatic heterocycles. The first-order valence-corrected chi connectivity index (χ1v) is 12.7. The van der Waals surface area contributed by atoms with Gasteiger partial charge in [-0.05, 0) is 72.9 Å². The van der Waals surface area contributed by atoms with Crippen molar-refractivity contribution in [2.75, 3.05) is 39.9 Å². The van der Waals surface area contributed by atoms with Crippen LogP contribution in [0.15, 0.2) is 60.8 Å². The first kappa shape index (κ1) is 27.6. The highest BCUT2D eigenvalue weighted by atomic mass is 16.6. The molecule has 0 atom stereocenters. The predicted molar refractivity (Wildman–Crippen MR) is 152 cm³/mol. The van der Waals surface area contributed by atoms with Crippen molar-refractivity contribution >= 4 is 22.7 Å². The summed E-state index contributed by atoms with van der Waals surface area (Å²) in [4.78, 5) is 16.9. The Morgan fingerprint density at radius 1 is 0.795 bits per heavy atom. The molecular formula is C31H34N2O6. The van der Waals surface area contributed by atoms with E-state index in [0.29, 0.717) is 42.4 Å². The summed E-state index contributed by atoms with van der Waals surface area (Å²) in [5.74, 6) is 2.64. The van der Waals surface area contributed by atoms with Gasteiger partial charge in [-0.25, -0.2) is 4.79 Å². The third-order valence-corrected chi connectivity index (χ3v) is 6.49. The molecule has 4 aromatic rings. The number of amides is 1. The SMILES string of the molecule is COc1cc2nccc(Cc3cc(C)c(NC(=O)OCCCOc4ccccc4OC)cc3C)c2cc1OC. The molecule has 1 N–H and O–H groups in total. The summed E-state index contributed by atoms with van der Waals surface area (Å²) < 4.78 is 27.3. The number of benzene rings is 3. The number of fused-ring (bicyclic) bond motifs is 1. The van der Waals surface area contributed by atoms with Crippen LogP contribution in [0.25, 0.3) is 10.9 Å². The average Bonchev–Trinajstić information content (AvgIpc) is 2.95. The normalized spacial score (nSPS) is 10.7.